The highest BCUT2D eigenvalue weighted by atomic mass is 15.5. The number of anilines is 8. The van der Waals surface area contributed by atoms with Gasteiger partial charge in [-0.3, -0.25) is 19.6 Å². The van der Waals surface area contributed by atoms with Gasteiger partial charge in [0.2, 0.25) is 0 Å². The van der Waals surface area contributed by atoms with E-state index >= 15 is 0 Å². The molecular weight excluding hydrogens is 753 g/mol. The van der Waals surface area contributed by atoms with Gasteiger partial charge in [0.15, 0.2) is 11.6 Å². The molecule has 12 rings (SSSR count). The molecule has 0 saturated carbocycles. The molecule has 0 aromatic heterocycles. The lowest BCUT2D eigenvalue weighted by atomic mass is 10.1. The molecule has 0 amide bonds. The first-order valence-electron chi connectivity index (χ1n) is 21.5. The van der Waals surface area contributed by atoms with Crippen LogP contribution in [-0.2, 0) is 0 Å². The lowest BCUT2D eigenvalue weighted by Crippen LogP contribution is -2.33. The molecule has 296 valence electrons. The summed E-state index contributed by atoms with van der Waals surface area (Å²) in [5, 5.41) is 9.64. The molecule has 2 aliphatic heterocycles. The van der Waals surface area contributed by atoms with Gasteiger partial charge in [-0.1, -0.05) is 121 Å². The van der Waals surface area contributed by atoms with Gasteiger partial charge in [-0.15, -0.1) is 0 Å². The van der Waals surface area contributed by atoms with Gasteiger partial charge in [0.25, 0.3) is 0 Å². The van der Waals surface area contributed by atoms with Crippen LogP contribution in [0.1, 0.15) is 22.3 Å². The van der Waals surface area contributed by atoms with Gasteiger partial charge < -0.3 is 0 Å². The van der Waals surface area contributed by atoms with Crippen molar-refractivity contribution in [1.29, 1.82) is 0 Å². The SMILES string of the molecule is Cc1cc2c(cc1C)N(c1ccc3ccccc3c1)C(=C1N(c3ccc4ccccc4c3)c3cc(C)c(C)cc3N1c1ccc3ccccc3c1)N2c1ccc2ccccc2c1. The van der Waals surface area contributed by atoms with E-state index in [4.69, 9.17) is 0 Å². The minimum atomic E-state index is 1.04. The Morgan fingerprint density at radius 3 is 0.661 bits per heavy atom. The minimum Gasteiger partial charge on any atom is -0.291 e. The van der Waals surface area contributed by atoms with Gasteiger partial charge >= 0.3 is 0 Å². The molecular formula is C58H44N4. The van der Waals surface area contributed by atoms with E-state index in [9.17, 15) is 0 Å². The number of aryl methyl sites for hydroxylation is 4. The molecule has 10 aromatic carbocycles. The average molecular weight is 797 g/mol. The van der Waals surface area contributed by atoms with Crippen LogP contribution in [0, 0.1) is 27.7 Å². The summed E-state index contributed by atoms with van der Waals surface area (Å²) in [5.41, 5.74) is 13.9. The molecule has 0 spiro atoms. The monoisotopic (exact) mass is 796 g/mol. The summed E-state index contributed by atoms with van der Waals surface area (Å²) in [5.74, 6) is 2.09. The number of hydrogen-bond donors (Lipinski definition) is 0. The first-order valence-corrected chi connectivity index (χ1v) is 21.5. The van der Waals surface area contributed by atoms with Crippen molar-refractivity contribution < 1.29 is 0 Å². The maximum absolute atomic E-state index is 2.52. The number of nitrogens with zero attached hydrogens (tertiary/aromatic N) is 4. The molecule has 0 unspecified atom stereocenters. The molecule has 0 atom stereocenters. The second-order valence-electron chi connectivity index (χ2n) is 17.0. The Kier molecular flexibility index (Phi) is 8.07. The largest absolute Gasteiger partial charge is 0.291 e. The second-order valence-corrected chi connectivity index (χ2v) is 17.0. The van der Waals surface area contributed by atoms with Gasteiger partial charge in [0, 0.05) is 22.7 Å². The summed E-state index contributed by atoms with van der Waals surface area (Å²) in [6.07, 6.45) is 0. The third-order valence-corrected chi connectivity index (χ3v) is 13.2. The predicted molar refractivity (Wildman–Crippen MR) is 263 cm³/mol. The van der Waals surface area contributed by atoms with Crippen molar-refractivity contribution >= 4 is 88.6 Å². The maximum Gasteiger partial charge on any atom is 0.166 e. The second kappa shape index (κ2) is 13.9. The van der Waals surface area contributed by atoms with Crippen LogP contribution < -0.4 is 19.6 Å². The molecule has 0 saturated heterocycles. The Morgan fingerprint density at radius 2 is 0.435 bits per heavy atom. The zero-order valence-corrected chi connectivity index (χ0v) is 35.3. The molecule has 0 fully saturated rings. The fourth-order valence-electron chi connectivity index (χ4n) is 9.65. The van der Waals surface area contributed by atoms with E-state index in [0.29, 0.717) is 0 Å². The molecule has 0 radical (unpaired) electrons. The zero-order valence-electron chi connectivity index (χ0n) is 35.3. The van der Waals surface area contributed by atoms with Crippen molar-refractivity contribution in [2.75, 3.05) is 19.6 Å². The molecule has 0 N–H and O–H groups in total. The lowest BCUT2D eigenvalue weighted by molar-refractivity contribution is 1.01. The normalized spacial score (nSPS) is 13.6. The molecule has 10 aromatic rings. The van der Waals surface area contributed by atoms with Crippen LogP contribution in [0.25, 0.3) is 43.1 Å². The Balaban J connectivity index is 1.26. The van der Waals surface area contributed by atoms with Crippen molar-refractivity contribution in [1.82, 2.24) is 0 Å². The predicted octanol–water partition coefficient (Wildman–Crippen LogP) is 15.9. The number of hydrogen-bond acceptors (Lipinski definition) is 4. The zero-order chi connectivity index (χ0) is 41.6. The van der Waals surface area contributed by atoms with E-state index in [1.807, 2.05) is 0 Å². The number of fused-ring (bicyclic) bond motifs is 6. The fourth-order valence-corrected chi connectivity index (χ4v) is 9.65. The third kappa shape index (κ3) is 5.60. The summed E-state index contributed by atoms with van der Waals surface area (Å²) in [7, 11) is 0. The lowest BCUT2D eigenvalue weighted by Gasteiger charge is -2.34. The highest BCUT2D eigenvalue weighted by Crippen LogP contribution is 2.58. The number of rotatable bonds is 4. The van der Waals surface area contributed by atoms with Crippen LogP contribution in [0.2, 0.25) is 0 Å². The topological polar surface area (TPSA) is 13.0 Å². The van der Waals surface area contributed by atoms with Crippen LogP contribution in [0.5, 0.6) is 0 Å². The molecule has 4 heteroatoms. The van der Waals surface area contributed by atoms with Crippen molar-refractivity contribution in [3.8, 4) is 0 Å². The van der Waals surface area contributed by atoms with E-state index in [0.717, 1.165) is 57.1 Å². The maximum atomic E-state index is 2.52. The minimum absolute atomic E-state index is 1.04. The summed E-state index contributed by atoms with van der Waals surface area (Å²) >= 11 is 0. The molecule has 0 bridgehead atoms. The number of benzene rings is 10. The van der Waals surface area contributed by atoms with Crippen LogP contribution in [0.3, 0.4) is 0 Å². The first kappa shape index (κ1) is 36.1. The summed E-state index contributed by atoms with van der Waals surface area (Å²) in [4.78, 5) is 10.1. The summed E-state index contributed by atoms with van der Waals surface area (Å²) < 4.78 is 0. The van der Waals surface area contributed by atoms with Crippen molar-refractivity contribution in [3.05, 3.63) is 228 Å². The van der Waals surface area contributed by atoms with Gasteiger partial charge in [-0.05, 0) is 166 Å². The molecule has 2 aliphatic rings. The van der Waals surface area contributed by atoms with E-state index in [1.165, 1.54) is 65.3 Å². The van der Waals surface area contributed by atoms with Crippen LogP contribution in [0.4, 0.5) is 45.5 Å². The van der Waals surface area contributed by atoms with Crippen LogP contribution >= 0.6 is 0 Å². The Hall–Kier alpha value is -7.82. The summed E-state index contributed by atoms with van der Waals surface area (Å²) in [6.45, 7) is 8.94. The average Bonchev–Trinajstić information content (AvgIpc) is 3.80. The van der Waals surface area contributed by atoms with E-state index in [1.54, 1.807) is 0 Å². The molecule has 4 nitrogen and oxygen atoms in total. The van der Waals surface area contributed by atoms with E-state index in [2.05, 4.69) is 241 Å². The van der Waals surface area contributed by atoms with E-state index < -0.39 is 0 Å². The van der Waals surface area contributed by atoms with Crippen LogP contribution in [0.15, 0.2) is 206 Å². The standard InChI is InChI=1S/C58H44N4/c1-37-29-53-54(30-38(37)2)60(50-26-22-42-14-6-10-18-46(42)34-50)57(59(53)49-25-21-41-13-5-9-17-45(41)33-49)58-61(51-27-23-43-15-7-11-19-47(43)35-51)55-31-39(3)40(4)32-56(55)62(58)52-28-24-44-16-8-12-20-48(44)36-52/h5-36H,1-4H3. The quantitative estimate of drug-likeness (QED) is 0.176. The van der Waals surface area contributed by atoms with Gasteiger partial charge in [0.1, 0.15) is 0 Å². The Morgan fingerprint density at radius 1 is 0.226 bits per heavy atom. The van der Waals surface area contributed by atoms with Crippen LogP contribution in [-0.4, -0.2) is 0 Å². The van der Waals surface area contributed by atoms with Gasteiger partial charge in [-0.25, -0.2) is 0 Å². The summed E-state index contributed by atoms with van der Waals surface area (Å²) in [6, 6.07) is 72.0. The first-order chi connectivity index (χ1) is 30.4. The molecule has 62 heavy (non-hydrogen) atoms. The third-order valence-electron chi connectivity index (χ3n) is 13.2. The van der Waals surface area contributed by atoms with Gasteiger partial charge in [0.05, 0.1) is 22.7 Å². The highest BCUT2D eigenvalue weighted by Gasteiger charge is 2.45. The Labute approximate surface area is 362 Å². The Bertz CT molecular complexity index is 3050. The highest BCUT2D eigenvalue weighted by molar-refractivity contribution is 6.04. The van der Waals surface area contributed by atoms with Crippen molar-refractivity contribution in [3.63, 3.8) is 0 Å². The molecule has 0 aliphatic carbocycles. The van der Waals surface area contributed by atoms with Gasteiger partial charge in [-0.2, -0.15) is 0 Å². The smallest absolute Gasteiger partial charge is 0.166 e. The van der Waals surface area contributed by atoms with Crippen molar-refractivity contribution in [2.24, 2.45) is 0 Å². The van der Waals surface area contributed by atoms with E-state index in [-0.39, 0.29) is 0 Å². The fraction of sp³-hybridized carbons (Fsp3) is 0.0690. The molecule has 2 heterocycles. The van der Waals surface area contributed by atoms with Crippen molar-refractivity contribution in [2.45, 2.75) is 27.7 Å².